The second kappa shape index (κ2) is 9.37. The smallest absolute Gasteiger partial charge is 0.262 e. The number of rotatable bonds is 6. The Morgan fingerprint density at radius 2 is 1.76 bits per heavy atom. The molecular weight excluding hydrogens is 486 g/mol. The number of benzene rings is 2. The summed E-state index contributed by atoms with van der Waals surface area (Å²) in [5, 5.41) is 0.795. The summed E-state index contributed by atoms with van der Waals surface area (Å²) >= 11 is 0. The third-order valence-corrected chi connectivity index (χ3v) is 8.53. The first-order valence-corrected chi connectivity index (χ1v) is 14.0. The second-order valence-electron chi connectivity index (χ2n) is 10.6. The molecule has 5 rings (SSSR count). The molecule has 2 aromatic carbocycles. The van der Waals surface area contributed by atoms with Crippen LogP contribution >= 0.6 is 0 Å². The first-order valence-electron chi connectivity index (χ1n) is 12.5. The molecule has 4 aromatic rings. The highest BCUT2D eigenvalue weighted by Gasteiger charge is 2.24. The van der Waals surface area contributed by atoms with E-state index < -0.39 is 10.0 Å². The number of ether oxygens (including phenoxy) is 1. The molecule has 8 nitrogen and oxygen atoms in total. The molecule has 0 amide bonds. The first-order chi connectivity index (χ1) is 17.6. The molecule has 0 bridgehead atoms. The number of nitrogens with two attached hydrogens (primary N) is 1. The Morgan fingerprint density at radius 1 is 1.05 bits per heavy atom. The van der Waals surface area contributed by atoms with Gasteiger partial charge in [0.25, 0.3) is 10.0 Å². The zero-order chi connectivity index (χ0) is 26.4. The Balaban J connectivity index is 1.51. The first kappa shape index (κ1) is 25.1. The lowest BCUT2D eigenvalue weighted by molar-refractivity contribution is 0.417. The van der Waals surface area contributed by atoms with Crippen LogP contribution in [0.1, 0.15) is 58.1 Å². The number of nitrogen functional groups attached to an aromatic ring is 1. The van der Waals surface area contributed by atoms with Crippen LogP contribution in [-0.2, 0) is 15.4 Å². The van der Waals surface area contributed by atoms with E-state index >= 15 is 0 Å². The van der Waals surface area contributed by atoms with Gasteiger partial charge in [0.05, 0.1) is 23.1 Å². The maximum Gasteiger partial charge on any atom is 0.262 e. The molecule has 0 atom stereocenters. The van der Waals surface area contributed by atoms with Crippen LogP contribution < -0.4 is 15.2 Å². The van der Waals surface area contributed by atoms with E-state index in [1.54, 1.807) is 18.2 Å². The molecule has 1 aliphatic rings. The topological polar surface area (TPSA) is 112 Å². The standard InChI is InChI=1S/C28H33N5O3S/c1-28(2,3)19-10-12-21(13-11-19)37(34,35)32-23-14-9-18(15-24(23)36-4)22-16-33(20-7-5-6-8-20)27-25(22)26(29)30-17-31-27/h9-17,20,32H,5-8H2,1-4H3,(H2,29,30,31). The fourth-order valence-corrected chi connectivity index (χ4v) is 6.14. The van der Waals surface area contributed by atoms with Crippen molar-refractivity contribution in [2.45, 2.75) is 62.8 Å². The largest absolute Gasteiger partial charge is 0.495 e. The predicted octanol–water partition coefficient (Wildman–Crippen LogP) is 5.90. The van der Waals surface area contributed by atoms with E-state index in [-0.39, 0.29) is 10.3 Å². The van der Waals surface area contributed by atoms with Crippen LogP contribution in [0.4, 0.5) is 11.5 Å². The Labute approximate surface area is 217 Å². The minimum Gasteiger partial charge on any atom is -0.495 e. The van der Waals surface area contributed by atoms with E-state index in [2.05, 4.69) is 46.2 Å². The molecule has 0 aliphatic heterocycles. The molecule has 1 aliphatic carbocycles. The lowest BCUT2D eigenvalue weighted by atomic mass is 9.87. The molecule has 37 heavy (non-hydrogen) atoms. The number of hydrogen-bond acceptors (Lipinski definition) is 6. The Hall–Kier alpha value is -3.59. The molecule has 0 unspecified atom stereocenters. The highest BCUT2D eigenvalue weighted by atomic mass is 32.2. The van der Waals surface area contributed by atoms with Crippen molar-refractivity contribution in [1.82, 2.24) is 14.5 Å². The van der Waals surface area contributed by atoms with Crippen molar-refractivity contribution < 1.29 is 13.2 Å². The number of aromatic nitrogens is 3. The maximum absolute atomic E-state index is 13.2. The van der Waals surface area contributed by atoms with Gasteiger partial charge in [0.2, 0.25) is 0 Å². The lowest BCUT2D eigenvalue weighted by Crippen LogP contribution is -2.15. The molecule has 1 fully saturated rings. The summed E-state index contributed by atoms with van der Waals surface area (Å²) in [6, 6.07) is 12.7. The Bertz CT molecular complexity index is 1550. The monoisotopic (exact) mass is 519 g/mol. The van der Waals surface area contributed by atoms with Gasteiger partial charge < -0.3 is 15.0 Å². The van der Waals surface area contributed by atoms with Gasteiger partial charge in [0, 0.05) is 17.8 Å². The summed E-state index contributed by atoms with van der Waals surface area (Å²) < 4.78 is 36.8. The minimum absolute atomic E-state index is 0.0654. The van der Waals surface area contributed by atoms with Gasteiger partial charge >= 0.3 is 0 Å². The van der Waals surface area contributed by atoms with Crippen molar-refractivity contribution in [3.63, 3.8) is 0 Å². The van der Waals surface area contributed by atoms with Crippen molar-refractivity contribution >= 4 is 32.6 Å². The summed E-state index contributed by atoms with van der Waals surface area (Å²) in [5.74, 6) is 0.823. The summed E-state index contributed by atoms with van der Waals surface area (Å²) in [4.78, 5) is 8.96. The fraction of sp³-hybridized carbons (Fsp3) is 0.357. The summed E-state index contributed by atoms with van der Waals surface area (Å²) in [6.07, 6.45) is 8.19. The number of methoxy groups -OCH3 is 1. The highest BCUT2D eigenvalue weighted by Crippen LogP contribution is 2.40. The maximum atomic E-state index is 13.2. The average molecular weight is 520 g/mol. The zero-order valence-corrected chi connectivity index (χ0v) is 22.5. The van der Waals surface area contributed by atoms with Crippen molar-refractivity contribution in [2.75, 3.05) is 17.6 Å². The normalized spacial score (nSPS) is 14.8. The van der Waals surface area contributed by atoms with Crippen LogP contribution in [0.5, 0.6) is 5.75 Å². The number of sulfonamides is 1. The fourth-order valence-electron chi connectivity index (χ4n) is 5.07. The third-order valence-electron chi connectivity index (χ3n) is 7.14. The van der Waals surface area contributed by atoms with Gasteiger partial charge in [-0.05, 0) is 53.6 Å². The van der Waals surface area contributed by atoms with Crippen molar-refractivity contribution in [1.29, 1.82) is 0 Å². The molecule has 0 saturated heterocycles. The van der Waals surface area contributed by atoms with Crippen LogP contribution in [-0.4, -0.2) is 30.1 Å². The zero-order valence-electron chi connectivity index (χ0n) is 21.7. The van der Waals surface area contributed by atoms with E-state index in [0.717, 1.165) is 40.6 Å². The average Bonchev–Trinajstić information content (AvgIpc) is 3.52. The molecule has 0 spiro atoms. The van der Waals surface area contributed by atoms with Gasteiger partial charge in [-0.3, -0.25) is 4.72 Å². The number of nitrogens with one attached hydrogen (secondary N) is 1. The highest BCUT2D eigenvalue weighted by molar-refractivity contribution is 7.92. The molecular formula is C28H33N5O3S. The van der Waals surface area contributed by atoms with Crippen LogP contribution in [0.3, 0.4) is 0 Å². The SMILES string of the molecule is COc1cc(-c2cn(C3CCCC3)c3ncnc(N)c23)ccc1NS(=O)(=O)c1ccc(C(C)(C)C)cc1. The van der Waals surface area contributed by atoms with Gasteiger partial charge in [-0.15, -0.1) is 0 Å². The number of anilines is 2. The molecule has 0 radical (unpaired) electrons. The molecule has 1 saturated carbocycles. The number of nitrogens with zero attached hydrogens (tertiary/aromatic N) is 3. The second-order valence-corrected chi connectivity index (χ2v) is 12.3. The van der Waals surface area contributed by atoms with Crippen LogP contribution in [0.15, 0.2) is 59.9 Å². The van der Waals surface area contributed by atoms with E-state index in [0.29, 0.717) is 23.3 Å². The number of hydrogen-bond donors (Lipinski definition) is 2. The van der Waals surface area contributed by atoms with Crippen LogP contribution in [0.2, 0.25) is 0 Å². The number of fused-ring (bicyclic) bond motifs is 1. The van der Waals surface area contributed by atoms with Gasteiger partial charge in [0.15, 0.2) is 0 Å². The molecule has 2 aromatic heterocycles. The van der Waals surface area contributed by atoms with E-state index in [1.807, 2.05) is 24.3 Å². The molecule has 2 heterocycles. The van der Waals surface area contributed by atoms with E-state index in [4.69, 9.17) is 10.5 Å². The predicted molar refractivity (Wildman–Crippen MR) is 147 cm³/mol. The van der Waals surface area contributed by atoms with Crippen LogP contribution in [0, 0.1) is 0 Å². The van der Waals surface area contributed by atoms with Crippen LogP contribution in [0.25, 0.3) is 22.2 Å². The molecule has 9 heteroatoms. The Kier molecular flexibility index (Phi) is 6.35. The van der Waals surface area contributed by atoms with Crippen molar-refractivity contribution in [2.24, 2.45) is 0 Å². The van der Waals surface area contributed by atoms with Crippen molar-refractivity contribution in [3.05, 3.63) is 60.6 Å². The van der Waals surface area contributed by atoms with Gasteiger partial charge in [0.1, 0.15) is 23.5 Å². The quantitative estimate of drug-likeness (QED) is 0.328. The summed E-state index contributed by atoms with van der Waals surface area (Å²) in [6.45, 7) is 6.27. The lowest BCUT2D eigenvalue weighted by Gasteiger charge is -2.19. The third kappa shape index (κ3) is 4.75. The van der Waals surface area contributed by atoms with Crippen molar-refractivity contribution in [3.8, 4) is 16.9 Å². The van der Waals surface area contributed by atoms with Gasteiger partial charge in [-0.2, -0.15) is 0 Å². The Morgan fingerprint density at radius 3 is 2.41 bits per heavy atom. The minimum atomic E-state index is -3.81. The summed E-state index contributed by atoms with van der Waals surface area (Å²) in [5.41, 5.74) is 10.2. The molecule has 3 N–H and O–H groups in total. The van der Waals surface area contributed by atoms with Gasteiger partial charge in [-0.1, -0.05) is 51.8 Å². The van der Waals surface area contributed by atoms with E-state index in [1.165, 1.54) is 26.3 Å². The van der Waals surface area contributed by atoms with E-state index in [9.17, 15) is 8.42 Å². The summed E-state index contributed by atoms with van der Waals surface area (Å²) in [7, 11) is -2.29. The molecule has 194 valence electrons. The van der Waals surface area contributed by atoms with Gasteiger partial charge in [-0.25, -0.2) is 18.4 Å².